The van der Waals surface area contributed by atoms with Crippen LogP contribution in [0.5, 0.6) is 5.75 Å². The molecule has 1 aromatic carbocycles. The number of sulfonamides is 1. The number of hydrogen-bond acceptors (Lipinski definition) is 7. The number of ether oxygens (including phenoxy) is 2. The van der Waals surface area contributed by atoms with Crippen LogP contribution in [0.2, 0.25) is 0 Å². The number of nitrogens with zero attached hydrogens (tertiary/aromatic N) is 1. The molecule has 1 amide bonds. The third kappa shape index (κ3) is 6.52. The van der Waals surface area contributed by atoms with Gasteiger partial charge in [-0.2, -0.15) is 4.31 Å². The Labute approximate surface area is 186 Å². The summed E-state index contributed by atoms with van der Waals surface area (Å²) in [5, 5.41) is 2.68. The first-order valence-electron chi connectivity index (χ1n) is 10.0. The van der Waals surface area contributed by atoms with Gasteiger partial charge in [0.25, 0.3) is 15.9 Å². The summed E-state index contributed by atoms with van der Waals surface area (Å²) in [4.78, 5) is 24.5. The number of methoxy groups -OCH3 is 1. The zero-order valence-electron chi connectivity index (χ0n) is 17.3. The van der Waals surface area contributed by atoms with Gasteiger partial charge in [-0.05, 0) is 42.7 Å². The number of nitrogens with one attached hydrogen (secondary N) is 1. The normalized spacial score (nSPS) is 14.7. The Bertz CT molecular complexity index is 995. The number of benzene rings is 1. The van der Waals surface area contributed by atoms with E-state index in [4.69, 9.17) is 9.47 Å². The van der Waals surface area contributed by atoms with Crippen LogP contribution in [0, 0.1) is 0 Å². The molecule has 0 saturated carbocycles. The molecule has 3 rings (SSSR count). The second-order valence-electron chi connectivity index (χ2n) is 7.15. The summed E-state index contributed by atoms with van der Waals surface area (Å²) >= 11 is 1.07. The van der Waals surface area contributed by atoms with Crippen LogP contribution in [-0.2, 0) is 37.3 Å². The van der Waals surface area contributed by atoms with E-state index in [2.05, 4.69) is 5.32 Å². The van der Waals surface area contributed by atoms with Crippen LogP contribution in [0.25, 0.3) is 0 Å². The molecule has 0 unspecified atom stereocenters. The van der Waals surface area contributed by atoms with Crippen molar-refractivity contribution < 1.29 is 27.5 Å². The van der Waals surface area contributed by atoms with E-state index in [1.54, 1.807) is 25.3 Å². The summed E-state index contributed by atoms with van der Waals surface area (Å²) in [5.41, 5.74) is 0.890. The van der Waals surface area contributed by atoms with Crippen molar-refractivity contribution in [3.63, 3.8) is 0 Å². The fraction of sp³-hybridized carbons (Fsp3) is 0.429. The quantitative estimate of drug-likeness (QED) is 0.569. The first-order chi connectivity index (χ1) is 14.9. The van der Waals surface area contributed by atoms with E-state index in [1.807, 2.05) is 12.1 Å². The van der Waals surface area contributed by atoms with E-state index in [1.165, 1.54) is 10.4 Å². The topological polar surface area (TPSA) is 102 Å². The van der Waals surface area contributed by atoms with Gasteiger partial charge in [0.2, 0.25) is 0 Å². The van der Waals surface area contributed by atoms with Crippen molar-refractivity contribution in [1.29, 1.82) is 0 Å². The SMILES string of the molecule is COc1ccc(CNC(=O)COC(=O)Cc2ccc(S(=O)(=O)N3CCCCC3)s2)cc1. The summed E-state index contributed by atoms with van der Waals surface area (Å²) in [5.74, 6) is -0.267. The molecular weight excluding hydrogens is 440 g/mol. The fourth-order valence-corrected chi connectivity index (χ4v) is 6.17. The van der Waals surface area contributed by atoms with Crippen molar-refractivity contribution >= 4 is 33.2 Å². The maximum absolute atomic E-state index is 12.7. The number of thiophene rings is 1. The first kappa shape index (κ1) is 23.2. The third-order valence-electron chi connectivity index (χ3n) is 4.88. The van der Waals surface area contributed by atoms with Crippen molar-refractivity contribution in [2.24, 2.45) is 0 Å². The predicted molar refractivity (Wildman–Crippen MR) is 116 cm³/mol. The number of piperidine rings is 1. The molecule has 2 heterocycles. The van der Waals surface area contributed by atoms with Crippen molar-refractivity contribution in [3.05, 3.63) is 46.8 Å². The molecule has 31 heavy (non-hydrogen) atoms. The Morgan fingerprint density at radius 3 is 2.45 bits per heavy atom. The second kappa shape index (κ2) is 10.7. The van der Waals surface area contributed by atoms with E-state index in [-0.39, 0.29) is 17.2 Å². The first-order valence-corrected chi connectivity index (χ1v) is 12.3. The van der Waals surface area contributed by atoms with Crippen LogP contribution in [0.15, 0.2) is 40.6 Å². The zero-order valence-corrected chi connectivity index (χ0v) is 19.0. The highest BCUT2D eigenvalue weighted by atomic mass is 32.2. The van der Waals surface area contributed by atoms with Crippen molar-refractivity contribution in [2.45, 2.75) is 36.4 Å². The van der Waals surface area contributed by atoms with Gasteiger partial charge in [-0.1, -0.05) is 18.6 Å². The van der Waals surface area contributed by atoms with E-state index in [0.29, 0.717) is 24.5 Å². The van der Waals surface area contributed by atoms with Crippen LogP contribution in [0.4, 0.5) is 0 Å². The minimum absolute atomic E-state index is 0.0774. The van der Waals surface area contributed by atoms with Gasteiger partial charge in [-0.25, -0.2) is 8.42 Å². The van der Waals surface area contributed by atoms with Crippen LogP contribution >= 0.6 is 11.3 Å². The molecule has 1 N–H and O–H groups in total. The standard InChI is InChI=1S/C21H26N2O6S2/c1-28-17-7-5-16(6-8-17)14-22-19(24)15-29-20(25)13-18-9-10-21(30-18)31(26,27)23-11-3-2-4-12-23/h5-10H,2-4,11-15H2,1H3,(H,22,24). The Morgan fingerprint density at radius 1 is 1.06 bits per heavy atom. The van der Waals surface area contributed by atoms with Gasteiger partial charge in [-0.3, -0.25) is 9.59 Å². The second-order valence-corrected chi connectivity index (χ2v) is 10.5. The molecule has 0 radical (unpaired) electrons. The monoisotopic (exact) mass is 466 g/mol. The maximum Gasteiger partial charge on any atom is 0.311 e. The van der Waals surface area contributed by atoms with Gasteiger partial charge in [-0.15, -0.1) is 11.3 Å². The molecule has 1 saturated heterocycles. The molecule has 1 fully saturated rings. The lowest BCUT2D eigenvalue weighted by Crippen LogP contribution is -2.35. The highest BCUT2D eigenvalue weighted by Gasteiger charge is 2.27. The molecule has 1 aromatic heterocycles. The average molecular weight is 467 g/mol. The summed E-state index contributed by atoms with van der Waals surface area (Å²) in [6.45, 7) is 0.981. The van der Waals surface area contributed by atoms with Crippen molar-refractivity contribution in [2.75, 3.05) is 26.8 Å². The lowest BCUT2D eigenvalue weighted by atomic mass is 10.2. The summed E-state index contributed by atoms with van der Waals surface area (Å²) in [7, 11) is -1.93. The third-order valence-corrected chi connectivity index (χ3v) is 8.33. The van der Waals surface area contributed by atoms with E-state index in [9.17, 15) is 18.0 Å². The average Bonchev–Trinajstić information content (AvgIpc) is 3.26. The molecule has 0 spiro atoms. The molecule has 2 aromatic rings. The predicted octanol–water partition coefficient (Wildman–Crippen LogP) is 2.33. The maximum atomic E-state index is 12.7. The fourth-order valence-electron chi connectivity index (χ4n) is 3.16. The zero-order chi connectivity index (χ0) is 22.3. The van der Waals surface area contributed by atoms with Crippen molar-refractivity contribution in [1.82, 2.24) is 9.62 Å². The lowest BCUT2D eigenvalue weighted by Gasteiger charge is -2.25. The molecule has 10 heteroatoms. The highest BCUT2D eigenvalue weighted by molar-refractivity contribution is 7.91. The van der Waals surface area contributed by atoms with Gasteiger partial charge in [0.15, 0.2) is 6.61 Å². The molecule has 1 aliphatic heterocycles. The van der Waals surface area contributed by atoms with Gasteiger partial charge in [0.1, 0.15) is 9.96 Å². The van der Waals surface area contributed by atoms with E-state index in [0.717, 1.165) is 41.9 Å². The van der Waals surface area contributed by atoms with Gasteiger partial charge >= 0.3 is 5.97 Å². The summed E-state index contributed by atoms with van der Waals surface area (Å²) < 4.78 is 37.2. The van der Waals surface area contributed by atoms with Crippen LogP contribution in [0.3, 0.4) is 0 Å². The van der Waals surface area contributed by atoms with Gasteiger partial charge < -0.3 is 14.8 Å². The minimum atomic E-state index is -3.51. The highest BCUT2D eigenvalue weighted by Crippen LogP contribution is 2.27. The molecule has 168 valence electrons. The summed E-state index contributed by atoms with van der Waals surface area (Å²) in [6, 6.07) is 10.4. The lowest BCUT2D eigenvalue weighted by molar-refractivity contribution is -0.147. The number of carbonyl (C=O) groups is 2. The largest absolute Gasteiger partial charge is 0.497 e. The van der Waals surface area contributed by atoms with E-state index >= 15 is 0 Å². The smallest absolute Gasteiger partial charge is 0.311 e. The van der Waals surface area contributed by atoms with Crippen LogP contribution in [-0.4, -0.2) is 51.4 Å². The Kier molecular flexibility index (Phi) is 8.05. The minimum Gasteiger partial charge on any atom is -0.497 e. The molecule has 1 aliphatic rings. The van der Waals surface area contributed by atoms with Crippen LogP contribution in [0.1, 0.15) is 29.7 Å². The number of esters is 1. The Balaban J connectivity index is 1.43. The number of amides is 1. The van der Waals surface area contributed by atoms with Gasteiger partial charge in [0.05, 0.1) is 13.5 Å². The van der Waals surface area contributed by atoms with Crippen molar-refractivity contribution in [3.8, 4) is 5.75 Å². The molecular formula is C21H26N2O6S2. The van der Waals surface area contributed by atoms with E-state index < -0.39 is 21.9 Å². The molecule has 8 nitrogen and oxygen atoms in total. The number of rotatable bonds is 9. The summed E-state index contributed by atoms with van der Waals surface area (Å²) in [6.07, 6.45) is 2.70. The number of carbonyl (C=O) groups excluding carboxylic acids is 2. The Hall–Kier alpha value is -2.43. The molecule has 0 atom stereocenters. The van der Waals surface area contributed by atoms with Crippen LogP contribution < -0.4 is 10.1 Å². The molecule has 0 aliphatic carbocycles. The number of hydrogen-bond donors (Lipinski definition) is 1. The Morgan fingerprint density at radius 2 is 1.77 bits per heavy atom. The molecule has 0 bridgehead atoms. The van der Waals surface area contributed by atoms with Gasteiger partial charge in [0, 0.05) is 24.5 Å².